The minimum atomic E-state index is -0.0941. The van der Waals surface area contributed by atoms with Crippen LogP contribution < -0.4 is 16.4 Å². The Hall–Kier alpha value is -1.92. The minimum absolute atomic E-state index is 0.0239. The van der Waals surface area contributed by atoms with Gasteiger partial charge < -0.3 is 16.4 Å². The first kappa shape index (κ1) is 24.2. The maximum atomic E-state index is 13.0. The molecule has 2 aliphatic carbocycles. The van der Waals surface area contributed by atoms with Crippen LogP contribution in [0.1, 0.15) is 99.4 Å². The Bertz CT molecular complexity index is 799. The van der Waals surface area contributed by atoms with Gasteiger partial charge in [-0.15, -0.1) is 0 Å². The van der Waals surface area contributed by atoms with Crippen molar-refractivity contribution in [3.05, 3.63) is 29.3 Å². The normalized spacial score (nSPS) is 24.5. The number of anilines is 1. The van der Waals surface area contributed by atoms with Crippen LogP contribution in [0.25, 0.3) is 0 Å². The number of carbonyl (C=O) groups is 2. The standard InChI is InChI=1S/C27H42N4O2/c28-23-10-4-5-11-24(23)30-27(33)21-13-14-22(19-31-16-6-1-7-17-31)25(18-21)29-26(32)15-12-20-8-2-3-9-20/h13-14,18,20,23-24H,1-12,15-17,19,28H2,(H,29,32)(H,30,33). The molecule has 2 atom stereocenters. The maximum absolute atomic E-state index is 13.0. The molecule has 33 heavy (non-hydrogen) atoms. The zero-order chi connectivity index (χ0) is 23.0. The third-order valence-corrected chi connectivity index (χ3v) is 7.88. The van der Waals surface area contributed by atoms with E-state index in [-0.39, 0.29) is 23.9 Å². The first-order valence-electron chi connectivity index (χ1n) is 13.3. The number of piperidine rings is 1. The van der Waals surface area contributed by atoms with E-state index in [1.165, 1.54) is 44.9 Å². The number of hydrogen-bond acceptors (Lipinski definition) is 4. The van der Waals surface area contributed by atoms with Gasteiger partial charge in [0.05, 0.1) is 0 Å². The molecule has 0 spiro atoms. The number of benzene rings is 1. The summed E-state index contributed by atoms with van der Waals surface area (Å²) >= 11 is 0. The number of amides is 2. The molecule has 0 aromatic heterocycles. The van der Waals surface area contributed by atoms with E-state index in [0.29, 0.717) is 17.9 Å². The van der Waals surface area contributed by atoms with Crippen LogP contribution in [0.4, 0.5) is 5.69 Å². The van der Waals surface area contributed by atoms with Crippen molar-refractivity contribution < 1.29 is 9.59 Å². The van der Waals surface area contributed by atoms with Crippen molar-refractivity contribution in [2.45, 2.75) is 102 Å². The molecule has 2 unspecified atom stereocenters. The SMILES string of the molecule is NC1CCCCC1NC(=O)c1ccc(CN2CCCCC2)c(NC(=O)CCC2CCCC2)c1. The first-order chi connectivity index (χ1) is 16.1. The number of nitrogens with two attached hydrogens (primary N) is 1. The Kier molecular flexibility index (Phi) is 8.79. The van der Waals surface area contributed by atoms with E-state index in [4.69, 9.17) is 5.73 Å². The van der Waals surface area contributed by atoms with Crippen LogP contribution in [-0.2, 0) is 11.3 Å². The molecule has 3 aliphatic rings. The lowest BCUT2D eigenvalue weighted by atomic mass is 9.91. The zero-order valence-electron chi connectivity index (χ0n) is 20.1. The summed E-state index contributed by atoms with van der Waals surface area (Å²) < 4.78 is 0. The molecule has 0 bridgehead atoms. The van der Waals surface area contributed by atoms with Crippen molar-refractivity contribution in [3.63, 3.8) is 0 Å². The summed E-state index contributed by atoms with van der Waals surface area (Å²) in [6.07, 6.45) is 14.5. The summed E-state index contributed by atoms with van der Waals surface area (Å²) in [6.45, 7) is 3.00. The Morgan fingerprint density at radius 2 is 1.67 bits per heavy atom. The second-order valence-electron chi connectivity index (χ2n) is 10.5. The van der Waals surface area contributed by atoms with Crippen LogP contribution in [0.2, 0.25) is 0 Å². The van der Waals surface area contributed by atoms with Crippen LogP contribution in [-0.4, -0.2) is 41.9 Å². The highest BCUT2D eigenvalue weighted by atomic mass is 16.2. The van der Waals surface area contributed by atoms with Crippen LogP contribution >= 0.6 is 0 Å². The average Bonchev–Trinajstić information content (AvgIpc) is 3.35. The molecular weight excluding hydrogens is 412 g/mol. The number of nitrogens with one attached hydrogen (secondary N) is 2. The number of nitrogens with zero attached hydrogens (tertiary/aromatic N) is 1. The fraction of sp³-hybridized carbons (Fsp3) is 0.704. The molecule has 6 nitrogen and oxygen atoms in total. The maximum Gasteiger partial charge on any atom is 0.251 e. The molecule has 4 rings (SSSR count). The Morgan fingerprint density at radius 1 is 0.939 bits per heavy atom. The molecule has 182 valence electrons. The smallest absolute Gasteiger partial charge is 0.251 e. The minimum Gasteiger partial charge on any atom is -0.348 e. The molecule has 1 aromatic rings. The van der Waals surface area contributed by atoms with E-state index in [9.17, 15) is 9.59 Å². The summed E-state index contributed by atoms with van der Waals surface area (Å²) in [5, 5.41) is 6.30. The van der Waals surface area contributed by atoms with Gasteiger partial charge in [-0.2, -0.15) is 0 Å². The van der Waals surface area contributed by atoms with Crippen LogP contribution in [0.15, 0.2) is 18.2 Å². The van der Waals surface area contributed by atoms with Crippen LogP contribution in [0, 0.1) is 5.92 Å². The third kappa shape index (κ3) is 7.03. The monoisotopic (exact) mass is 454 g/mol. The van der Waals surface area contributed by atoms with Gasteiger partial charge in [-0.1, -0.05) is 51.0 Å². The third-order valence-electron chi connectivity index (χ3n) is 7.88. The molecule has 1 heterocycles. The van der Waals surface area contributed by atoms with E-state index in [0.717, 1.165) is 63.0 Å². The van der Waals surface area contributed by atoms with Crippen LogP contribution in [0.3, 0.4) is 0 Å². The fourth-order valence-corrected chi connectivity index (χ4v) is 5.77. The van der Waals surface area contributed by atoms with Gasteiger partial charge in [0.15, 0.2) is 0 Å². The molecule has 3 fully saturated rings. The number of likely N-dealkylation sites (tertiary alicyclic amines) is 1. The second kappa shape index (κ2) is 12.0. The number of rotatable bonds is 8. The molecule has 4 N–H and O–H groups in total. The lowest BCUT2D eigenvalue weighted by Gasteiger charge is -2.29. The lowest BCUT2D eigenvalue weighted by molar-refractivity contribution is -0.116. The Morgan fingerprint density at radius 3 is 2.42 bits per heavy atom. The van der Waals surface area contributed by atoms with Crippen molar-refractivity contribution in [3.8, 4) is 0 Å². The molecule has 1 saturated heterocycles. The summed E-state index contributed by atoms with van der Waals surface area (Å²) in [4.78, 5) is 28.3. The molecule has 1 aliphatic heterocycles. The largest absolute Gasteiger partial charge is 0.348 e. The van der Waals surface area contributed by atoms with Crippen molar-refractivity contribution in [2.24, 2.45) is 11.7 Å². The summed E-state index contributed by atoms with van der Waals surface area (Å²) in [7, 11) is 0. The van der Waals surface area contributed by atoms with Gasteiger partial charge in [0.2, 0.25) is 5.91 Å². The molecule has 2 amide bonds. The van der Waals surface area contributed by atoms with Crippen molar-refractivity contribution in [1.82, 2.24) is 10.2 Å². The number of carbonyl (C=O) groups excluding carboxylic acids is 2. The van der Waals surface area contributed by atoms with Gasteiger partial charge in [-0.05, 0) is 68.8 Å². The van der Waals surface area contributed by atoms with Crippen molar-refractivity contribution >= 4 is 17.5 Å². The van der Waals surface area contributed by atoms with Crippen molar-refractivity contribution in [2.75, 3.05) is 18.4 Å². The topological polar surface area (TPSA) is 87.5 Å². The second-order valence-corrected chi connectivity index (χ2v) is 10.5. The van der Waals surface area contributed by atoms with Crippen molar-refractivity contribution in [1.29, 1.82) is 0 Å². The summed E-state index contributed by atoms with van der Waals surface area (Å²) in [5.41, 5.74) is 8.72. The summed E-state index contributed by atoms with van der Waals surface area (Å²) in [6, 6.07) is 5.85. The highest BCUT2D eigenvalue weighted by Crippen LogP contribution is 2.29. The van der Waals surface area contributed by atoms with Crippen LogP contribution in [0.5, 0.6) is 0 Å². The fourth-order valence-electron chi connectivity index (χ4n) is 5.77. The predicted octanol–water partition coefficient (Wildman–Crippen LogP) is 4.58. The van der Waals surface area contributed by atoms with E-state index in [2.05, 4.69) is 15.5 Å². The van der Waals surface area contributed by atoms with E-state index in [1.807, 2.05) is 18.2 Å². The van der Waals surface area contributed by atoms with Gasteiger partial charge in [0.1, 0.15) is 0 Å². The van der Waals surface area contributed by atoms with E-state index >= 15 is 0 Å². The number of hydrogen-bond donors (Lipinski definition) is 3. The first-order valence-corrected chi connectivity index (χ1v) is 13.3. The molecule has 6 heteroatoms. The molecule has 2 saturated carbocycles. The summed E-state index contributed by atoms with van der Waals surface area (Å²) in [5.74, 6) is 0.664. The molecular formula is C27H42N4O2. The highest BCUT2D eigenvalue weighted by Gasteiger charge is 2.24. The van der Waals surface area contributed by atoms with Gasteiger partial charge >= 0.3 is 0 Å². The Balaban J connectivity index is 1.44. The lowest BCUT2D eigenvalue weighted by Crippen LogP contribution is -2.49. The highest BCUT2D eigenvalue weighted by molar-refractivity contribution is 5.98. The van der Waals surface area contributed by atoms with E-state index < -0.39 is 0 Å². The quantitative estimate of drug-likeness (QED) is 0.536. The molecule has 1 aromatic carbocycles. The zero-order valence-corrected chi connectivity index (χ0v) is 20.1. The van der Waals surface area contributed by atoms with Gasteiger partial charge in [-0.3, -0.25) is 14.5 Å². The van der Waals surface area contributed by atoms with E-state index in [1.54, 1.807) is 0 Å². The predicted molar refractivity (Wildman–Crippen MR) is 133 cm³/mol. The average molecular weight is 455 g/mol. The van der Waals surface area contributed by atoms with Gasteiger partial charge in [-0.25, -0.2) is 0 Å². The Labute approximate surface area is 199 Å². The van der Waals surface area contributed by atoms with Gasteiger partial charge in [0.25, 0.3) is 5.91 Å². The molecule has 0 radical (unpaired) electrons. The van der Waals surface area contributed by atoms with Gasteiger partial charge in [0, 0.05) is 36.3 Å².